The lowest BCUT2D eigenvalue weighted by atomic mass is 9.92. The normalized spacial score (nSPS) is 16.3. The molecule has 176 valence electrons. The lowest BCUT2D eigenvalue weighted by molar-refractivity contribution is -0.143. The molecule has 0 saturated carbocycles. The summed E-state index contributed by atoms with van der Waals surface area (Å²) >= 11 is 0. The zero-order valence-corrected chi connectivity index (χ0v) is 18.8. The van der Waals surface area contributed by atoms with Gasteiger partial charge in [-0.25, -0.2) is 4.68 Å². The number of nitrogens with zero attached hydrogens (tertiary/aromatic N) is 3. The van der Waals surface area contributed by atoms with Gasteiger partial charge < -0.3 is 10.1 Å². The number of nitrogens with one attached hydrogen (secondary N) is 1. The van der Waals surface area contributed by atoms with Gasteiger partial charge in [-0.05, 0) is 25.0 Å². The zero-order valence-electron chi connectivity index (χ0n) is 18.8. The molecule has 1 fully saturated rings. The van der Waals surface area contributed by atoms with Gasteiger partial charge in [0.15, 0.2) is 5.69 Å². The quantitative estimate of drug-likeness (QED) is 0.656. The van der Waals surface area contributed by atoms with Crippen LogP contribution in [0.2, 0.25) is 0 Å². The van der Waals surface area contributed by atoms with E-state index in [1.807, 2.05) is 6.92 Å². The fourth-order valence-corrected chi connectivity index (χ4v) is 4.30. The first kappa shape index (κ1) is 24.3. The maximum atomic E-state index is 13.9. The average Bonchev–Trinajstić information content (AvgIpc) is 3.23. The first-order chi connectivity index (χ1) is 15.3. The first-order valence-electron chi connectivity index (χ1n) is 11.1. The molecular weight excluding hydrogens is 421 g/mol. The molecule has 1 N–H and O–H groups in total. The monoisotopic (exact) mass is 452 g/mol. The topological polar surface area (TPSA) is 59.4 Å². The van der Waals surface area contributed by atoms with Crippen LogP contribution >= 0.6 is 0 Å². The van der Waals surface area contributed by atoms with Gasteiger partial charge in [-0.3, -0.25) is 9.69 Å². The number of carbonyl (C=O) groups is 1. The summed E-state index contributed by atoms with van der Waals surface area (Å²) < 4.78 is 48.0. The molecule has 1 saturated heterocycles. The van der Waals surface area contributed by atoms with Crippen molar-refractivity contribution in [1.29, 1.82) is 0 Å². The summed E-state index contributed by atoms with van der Waals surface area (Å²) in [4.78, 5) is 15.2. The Morgan fingerprint density at radius 2 is 1.78 bits per heavy atom. The molecular formula is C23H31F3N4O2. The number of alkyl halides is 3. The van der Waals surface area contributed by atoms with E-state index in [9.17, 15) is 18.0 Å². The van der Waals surface area contributed by atoms with Crippen molar-refractivity contribution in [3.63, 3.8) is 0 Å². The van der Waals surface area contributed by atoms with Gasteiger partial charge in [0.2, 0.25) is 0 Å². The Hall–Kier alpha value is -2.39. The molecule has 2 aromatic rings. The van der Waals surface area contributed by atoms with Crippen LogP contribution in [0.5, 0.6) is 0 Å². The molecule has 1 atom stereocenters. The number of benzene rings is 1. The Labute approximate surface area is 186 Å². The van der Waals surface area contributed by atoms with E-state index in [0.717, 1.165) is 42.4 Å². The van der Waals surface area contributed by atoms with Crippen molar-refractivity contribution in [3.8, 4) is 5.69 Å². The smallest absolute Gasteiger partial charge is 0.379 e. The van der Waals surface area contributed by atoms with E-state index >= 15 is 0 Å². The minimum atomic E-state index is -4.73. The average molecular weight is 453 g/mol. The number of rotatable bonds is 8. The number of ether oxygens (including phenoxy) is 1. The van der Waals surface area contributed by atoms with Crippen molar-refractivity contribution in [2.24, 2.45) is 5.92 Å². The second kappa shape index (κ2) is 10.5. The number of carbonyl (C=O) groups excluding carboxylic acids is 1. The van der Waals surface area contributed by atoms with Crippen LogP contribution in [0.1, 0.15) is 48.3 Å². The molecule has 1 amide bonds. The van der Waals surface area contributed by atoms with Crippen molar-refractivity contribution in [1.82, 2.24) is 20.0 Å². The molecule has 1 unspecified atom stereocenters. The Morgan fingerprint density at radius 1 is 1.16 bits per heavy atom. The van der Waals surface area contributed by atoms with Gasteiger partial charge >= 0.3 is 6.18 Å². The molecule has 32 heavy (non-hydrogen) atoms. The summed E-state index contributed by atoms with van der Waals surface area (Å²) in [6.45, 7) is 9.04. The fourth-order valence-electron chi connectivity index (χ4n) is 4.30. The van der Waals surface area contributed by atoms with Crippen molar-refractivity contribution in [2.45, 2.75) is 45.8 Å². The Morgan fingerprint density at radius 3 is 2.34 bits per heavy atom. The highest BCUT2D eigenvalue weighted by atomic mass is 19.4. The Balaban J connectivity index is 1.84. The Kier molecular flexibility index (Phi) is 7.95. The standard InChI is InChI=1S/C23H31F3N4O2/c1-4-17(5-2)20(29-10-12-32-13-11-29)15-27-22(31)19-14-28-30(21(19)23(24,25)26)18-8-6-16(3)7-9-18/h6-9,14,17,20H,4-5,10-13,15H2,1-3H3,(H,27,31). The maximum absolute atomic E-state index is 13.9. The second-order valence-corrected chi connectivity index (χ2v) is 8.15. The molecule has 0 radical (unpaired) electrons. The minimum absolute atomic E-state index is 0.0410. The van der Waals surface area contributed by atoms with E-state index in [0.29, 0.717) is 19.1 Å². The third-order valence-corrected chi connectivity index (χ3v) is 6.14. The van der Waals surface area contributed by atoms with Gasteiger partial charge in [0.1, 0.15) is 0 Å². The van der Waals surface area contributed by atoms with Gasteiger partial charge in [-0.15, -0.1) is 0 Å². The summed E-state index contributed by atoms with van der Waals surface area (Å²) in [5.74, 6) is -0.439. The molecule has 0 spiro atoms. The fraction of sp³-hybridized carbons (Fsp3) is 0.565. The van der Waals surface area contributed by atoms with E-state index in [2.05, 4.69) is 29.2 Å². The molecule has 0 aliphatic carbocycles. The van der Waals surface area contributed by atoms with Crippen molar-refractivity contribution < 1.29 is 22.7 Å². The minimum Gasteiger partial charge on any atom is -0.379 e. The van der Waals surface area contributed by atoms with Crippen molar-refractivity contribution in [2.75, 3.05) is 32.8 Å². The highest BCUT2D eigenvalue weighted by Crippen LogP contribution is 2.33. The number of aromatic nitrogens is 2. The second-order valence-electron chi connectivity index (χ2n) is 8.15. The van der Waals surface area contributed by atoms with Crippen LogP contribution < -0.4 is 5.32 Å². The predicted molar refractivity (Wildman–Crippen MR) is 116 cm³/mol. The van der Waals surface area contributed by atoms with Crippen molar-refractivity contribution >= 4 is 5.91 Å². The highest BCUT2D eigenvalue weighted by molar-refractivity contribution is 5.95. The number of aryl methyl sites for hydroxylation is 1. The lowest BCUT2D eigenvalue weighted by Gasteiger charge is -2.38. The number of hydrogen-bond acceptors (Lipinski definition) is 4. The molecule has 1 aromatic carbocycles. The van der Waals surface area contributed by atoms with E-state index < -0.39 is 23.3 Å². The SMILES string of the molecule is CCC(CC)C(CNC(=O)c1cnn(-c2ccc(C)cc2)c1C(F)(F)F)N1CCOCC1. The van der Waals surface area contributed by atoms with Crippen LogP contribution in [-0.2, 0) is 10.9 Å². The van der Waals surface area contributed by atoms with Crippen LogP contribution in [0.25, 0.3) is 5.69 Å². The van der Waals surface area contributed by atoms with Gasteiger partial charge in [-0.1, -0.05) is 44.4 Å². The van der Waals surface area contributed by atoms with Crippen LogP contribution in [0, 0.1) is 12.8 Å². The third-order valence-electron chi connectivity index (χ3n) is 6.14. The summed E-state index contributed by atoms with van der Waals surface area (Å²) in [5, 5.41) is 6.65. The Bertz CT molecular complexity index is 886. The molecule has 1 aliphatic heterocycles. The molecule has 0 bridgehead atoms. The molecule has 1 aliphatic rings. The molecule has 3 rings (SSSR count). The van der Waals surface area contributed by atoms with Gasteiger partial charge in [0.25, 0.3) is 5.91 Å². The van der Waals surface area contributed by atoms with E-state index in [4.69, 9.17) is 4.74 Å². The summed E-state index contributed by atoms with van der Waals surface area (Å²) in [6, 6.07) is 6.57. The van der Waals surface area contributed by atoms with Crippen molar-refractivity contribution in [3.05, 3.63) is 47.3 Å². The van der Waals surface area contributed by atoms with Gasteiger partial charge in [-0.2, -0.15) is 18.3 Å². The first-order valence-corrected chi connectivity index (χ1v) is 11.1. The molecule has 9 heteroatoms. The number of amides is 1. The summed E-state index contributed by atoms with van der Waals surface area (Å²) in [6.07, 6.45) is -1.88. The van der Waals surface area contributed by atoms with Crippen LogP contribution in [0.3, 0.4) is 0 Å². The number of halogens is 3. The van der Waals surface area contributed by atoms with E-state index in [1.54, 1.807) is 24.3 Å². The molecule has 6 nitrogen and oxygen atoms in total. The van der Waals surface area contributed by atoms with E-state index in [-0.39, 0.29) is 18.3 Å². The molecule has 1 aromatic heterocycles. The van der Waals surface area contributed by atoms with Crippen LogP contribution in [0.4, 0.5) is 13.2 Å². The van der Waals surface area contributed by atoms with Gasteiger partial charge in [0.05, 0.1) is 30.7 Å². The highest BCUT2D eigenvalue weighted by Gasteiger charge is 2.41. The predicted octanol–water partition coefficient (Wildman–Crippen LogP) is 4.07. The maximum Gasteiger partial charge on any atom is 0.434 e. The van der Waals surface area contributed by atoms with Crippen LogP contribution in [0.15, 0.2) is 30.5 Å². The van der Waals surface area contributed by atoms with Gasteiger partial charge in [0, 0.05) is 25.7 Å². The van der Waals surface area contributed by atoms with E-state index in [1.165, 1.54) is 0 Å². The zero-order chi connectivity index (χ0) is 23.3. The number of morpholine rings is 1. The number of hydrogen-bond donors (Lipinski definition) is 1. The lowest BCUT2D eigenvalue weighted by Crippen LogP contribution is -2.52. The van der Waals surface area contributed by atoms with Crippen LogP contribution in [-0.4, -0.2) is 59.5 Å². The largest absolute Gasteiger partial charge is 0.434 e. The molecule has 2 heterocycles. The summed E-state index contributed by atoms with van der Waals surface area (Å²) in [5.41, 5.74) is -0.360. The third kappa shape index (κ3) is 5.50. The summed E-state index contributed by atoms with van der Waals surface area (Å²) in [7, 11) is 0.